The molecule has 0 rings (SSSR count). The van der Waals surface area contributed by atoms with Crippen LogP contribution in [0.5, 0.6) is 0 Å². The molecule has 0 aromatic heterocycles. The zero-order valence-electron chi connectivity index (χ0n) is 7.60. The fourth-order valence-electron chi connectivity index (χ4n) is 0.978. The second kappa shape index (κ2) is 3.47. The van der Waals surface area contributed by atoms with Gasteiger partial charge in [0.2, 0.25) is 0 Å². The van der Waals surface area contributed by atoms with E-state index in [2.05, 4.69) is 0 Å². The summed E-state index contributed by atoms with van der Waals surface area (Å²) in [6, 6.07) is 0. The van der Waals surface area contributed by atoms with E-state index in [9.17, 15) is 4.39 Å². The highest BCUT2D eigenvalue weighted by Crippen LogP contribution is 2.30. The Morgan fingerprint density at radius 3 is 1.18 bits per heavy atom. The topological polar surface area (TPSA) is 27.7 Å². The minimum Gasteiger partial charge on any atom is -0.328 e. The molecule has 0 bridgehead atoms. The predicted molar refractivity (Wildman–Crippen MR) is 38.9 cm³/mol. The van der Waals surface area contributed by atoms with Gasteiger partial charge in [0.05, 0.1) is 0 Å². The molecule has 0 aromatic rings. The molecule has 4 heteroatoms. The van der Waals surface area contributed by atoms with Gasteiger partial charge in [-0.05, 0) is 13.8 Å². The van der Waals surface area contributed by atoms with Crippen LogP contribution in [0, 0.1) is 0 Å². The average Bonchev–Trinajstić information content (AvgIpc) is 1.90. The normalized spacial score (nSPS) is 13.6. The highest BCUT2D eigenvalue weighted by Gasteiger charge is 2.48. The van der Waals surface area contributed by atoms with Crippen LogP contribution in [0.25, 0.3) is 0 Å². The maximum absolute atomic E-state index is 13.3. The lowest BCUT2D eigenvalue weighted by atomic mass is 10.1. The van der Waals surface area contributed by atoms with Crippen LogP contribution < -0.4 is 0 Å². The number of alkyl halides is 1. The van der Waals surface area contributed by atoms with Crippen LogP contribution in [0.3, 0.4) is 0 Å². The van der Waals surface area contributed by atoms with Crippen LogP contribution in [0.4, 0.5) is 4.39 Å². The van der Waals surface area contributed by atoms with E-state index < -0.39 is 11.6 Å². The molecule has 0 heterocycles. The Hall–Kier alpha value is -0.190. The Bertz CT molecular complexity index is 107. The van der Waals surface area contributed by atoms with Crippen LogP contribution in [-0.4, -0.2) is 33.0 Å². The molecule has 0 spiro atoms. The highest BCUT2D eigenvalue weighted by molar-refractivity contribution is 4.78. The van der Waals surface area contributed by atoms with E-state index in [-0.39, 0.29) is 0 Å². The van der Waals surface area contributed by atoms with Crippen LogP contribution in [0.2, 0.25) is 0 Å². The van der Waals surface area contributed by atoms with Crippen molar-refractivity contribution in [1.29, 1.82) is 0 Å². The number of methoxy groups -OCH3 is 3. The van der Waals surface area contributed by atoms with Gasteiger partial charge in [0.15, 0.2) is 5.67 Å². The van der Waals surface area contributed by atoms with Gasteiger partial charge in [0, 0.05) is 21.3 Å². The average molecular weight is 166 g/mol. The minimum atomic E-state index is -1.70. The third kappa shape index (κ3) is 1.89. The van der Waals surface area contributed by atoms with Crippen LogP contribution >= 0.6 is 0 Å². The molecule has 0 saturated carbocycles. The molecule has 68 valence electrons. The molecule has 0 aliphatic rings. The number of hydrogen-bond donors (Lipinski definition) is 0. The minimum absolute atomic E-state index is 1.32. The summed E-state index contributed by atoms with van der Waals surface area (Å²) < 4.78 is 27.7. The quantitative estimate of drug-likeness (QED) is 0.589. The second-order valence-corrected chi connectivity index (χ2v) is 2.64. The largest absolute Gasteiger partial charge is 0.328 e. The SMILES string of the molecule is COC(OC)(OC)C(C)(C)F. The Morgan fingerprint density at radius 1 is 0.909 bits per heavy atom. The Labute approximate surface area is 66.4 Å². The summed E-state index contributed by atoms with van der Waals surface area (Å²) in [6.45, 7) is 2.65. The standard InChI is InChI=1S/C7H15FO3/c1-6(2,8)7(9-3,10-4)11-5/h1-5H3. The van der Waals surface area contributed by atoms with Crippen molar-refractivity contribution in [3.05, 3.63) is 0 Å². The molecule has 0 N–H and O–H groups in total. The van der Waals surface area contributed by atoms with Gasteiger partial charge in [-0.25, -0.2) is 4.39 Å². The molecule has 0 radical (unpaired) electrons. The van der Waals surface area contributed by atoms with Gasteiger partial charge in [-0.1, -0.05) is 0 Å². The molecule has 0 aliphatic carbocycles. The van der Waals surface area contributed by atoms with E-state index in [1.165, 1.54) is 35.2 Å². The molecule has 0 amide bonds. The van der Waals surface area contributed by atoms with Crippen molar-refractivity contribution in [2.24, 2.45) is 0 Å². The zero-order chi connectivity index (χ0) is 9.12. The summed E-state index contributed by atoms with van der Waals surface area (Å²) in [6.07, 6.45) is 0. The van der Waals surface area contributed by atoms with E-state index >= 15 is 0 Å². The maximum atomic E-state index is 13.3. The summed E-state index contributed by atoms with van der Waals surface area (Å²) in [4.78, 5) is 0. The van der Waals surface area contributed by atoms with Gasteiger partial charge >= 0.3 is 5.97 Å². The van der Waals surface area contributed by atoms with Gasteiger partial charge in [-0.3, -0.25) is 0 Å². The van der Waals surface area contributed by atoms with Gasteiger partial charge in [-0.2, -0.15) is 0 Å². The third-order valence-corrected chi connectivity index (χ3v) is 1.53. The van der Waals surface area contributed by atoms with Crippen molar-refractivity contribution in [3.63, 3.8) is 0 Å². The van der Waals surface area contributed by atoms with Crippen molar-refractivity contribution >= 4 is 0 Å². The number of halogens is 1. The summed E-state index contributed by atoms with van der Waals surface area (Å²) in [7, 11) is 3.98. The van der Waals surface area contributed by atoms with E-state index in [0.717, 1.165) is 0 Å². The lowest BCUT2D eigenvalue weighted by Gasteiger charge is -2.36. The molecule has 0 unspecified atom stereocenters. The first-order valence-electron chi connectivity index (χ1n) is 3.28. The number of hydrogen-bond acceptors (Lipinski definition) is 3. The first-order valence-corrected chi connectivity index (χ1v) is 3.28. The van der Waals surface area contributed by atoms with Crippen molar-refractivity contribution in [2.45, 2.75) is 25.5 Å². The molecular formula is C7H15FO3. The fourth-order valence-corrected chi connectivity index (χ4v) is 0.978. The predicted octanol–water partition coefficient (Wildman–Crippen LogP) is 1.33. The van der Waals surface area contributed by atoms with Crippen molar-refractivity contribution < 1.29 is 18.6 Å². The Morgan fingerprint density at radius 2 is 1.18 bits per heavy atom. The van der Waals surface area contributed by atoms with Crippen LogP contribution in [-0.2, 0) is 14.2 Å². The molecule has 3 nitrogen and oxygen atoms in total. The Kier molecular flexibility index (Phi) is 3.41. The van der Waals surface area contributed by atoms with Gasteiger partial charge in [-0.15, -0.1) is 0 Å². The molecular weight excluding hydrogens is 151 g/mol. The number of rotatable bonds is 4. The molecule has 0 atom stereocenters. The van der Waals surface area contributed by atoms with E-state index in [0.29, 0.717) is 0 Å². The lowest BCUT2D eigenvalue weighted by molar-refractivity contribution is -0.399. The van der Waals surface area contributed by atoms with Crippen molar-refractivity contribution in [2.75, 3.05) is 21.3 Å². The van der Waals surface area contributed by atoms with Crippen LogP contribution in [0.1, 0.15) is 13.8 Å². The van der Waals surface area contributed by atoms with Gasteiger partial charge in [0.1, 0.15) is 0 Å². The summed E-state index contributed by atoms with van der Waals surface area (Å²) in [5, 5.41) is 0. The highest BCUT2D eigenvalue weighted by atomic mass is 19.1. The summed E-state index contributed by atoms with van der Waals surface area (Å²) in [5.41, 5.74) is -1.70. The summed E-state index contributed by atoms with van der Waals surface area (Å²) >= 11 is 0. The van der Waals surface area contributed by atoms with Crippen molar-refractivity contribution in [1.82, 2.24) is 0 Å². The monoisotopic (exact) mass is 166 g/mol. The molecule has 0 saturated heterocycles. The van der Waals surface area contributed by atoms with Crippen molar-refractivity contribution in [3.8, 4) is 0 Å². The second-order valence-electron chi connectivity index (χ2n) is 2.64. The molecule has 11 heavy (non-hydrogen) atoms. The Balaban J connectivity index is 4.54. The first kappa shape index (κ1) is 10.8. The van der Waals surface area contributed by atoms with Gasteiger partial charge in [0.25, 0.3) is 0 Å². The summed E-state index contributed by atoms with van der Waals surface area (Å²) in [5.74, 6) is -1.60. The van der Waals surface area contributed by atoms with E-state index in [1.54, 1.807) is 0 Å². The van der Waals surface area contributed by atoms with E-state index in [1.807, 2.05) is 0 Å². The molecule has 0 aromatic carbocycles. The third-order valence-electron chi connectivity index (χ3n) is 1.53. The molecule has 0 aliphatic heterocycles. The first-order chi connectivity index (χ1) is 4.93. The fraction of sp³-hybridized carbons (Fsp3) is 1.00. The lowest BCUT2D eigenvalue weighted by Crippen LogP contribution is -2.51. The zero-order valence-corrected chi connectivity index (χ0v) is 7.60. The van der Waals surface area contributed by atoms with E-state index in [4.69, 9.17) is 14.2 Å². The van der Waals surface area contributed by atoms with Crippen LogP contribution in [0.15, 0.2) is 0 Å². The maximum Gasteiger partial charge on any atom is 0.317 e. The molecule has 0 fully saturated rings. The number of ether oxygens (including phenoxy) is 3. The smallest absolute Gasteiger partial charge is 0.317 e. The van der Waals surface area contributed by atoms with Gasteiger partial charge < -0.3 is 14.2 Å².